The predicted molar refractivity (Wildman–Crippen MR) is 95.6 cm³/mol. The zero-order valence-corrected chi connectivity index (χ0v) is 14.3. The first-order valence-electron chi connectivity index (χ1n) is 8.03. The van der Waals surface area contributed by atoms with Crippen molar-refractivity contribution in [2.45, 2.75) is 32.2 Å². The number of anilines is 1. The molecule has 3 aromatic rings. The molecule has 7 heteroatoms. The molecule has 0 radical (unpaired) electrons. The number of benzene rings is 1. The average molecular weight is 344 g/mol. The van der Waals surface area contributed by atoms with Gasteiger partial charge in [-0.3, -0.25) is 4.79 Å². The van der Waals surface area contributed by atoms with Gasteiger partial charge in [0.1, 0.15) is 0 Å². The van der Waals surface area contributed by atoms with Crippen molar-refractivity contribution < 1.29 is 5.11 Å². The highest BCUT2D eigenvalue weighted by Crippen LogP contribution is 2.26. The number of aliphatic hydroxyl groups is 1. The van der Waals surface area contributed by atoms with Gasteiger partial charge in [-0.1, -0.05) is 48.6 Å². The second-order valence-electron chi connectivity index (χ2n) is 5.51. The Kier molecular flexibility index (Phi) is 5.22. The molecule has 2 heterocycles. The number of hydrogen-bond acceptors (Lipinski definition) is 6. The van der Waals surface area contributed by atoms with Crippen molar-refractivity contribution in [2.24, 2.45) is 0 Å². The van der Waals surface area contributed by atoms with Crippen molar-refractivity contribution in [1.29, 1.82) is 0 Å². The van der Waals surface area contributed by atoms with E-state index in [0.717, 1.165) is 24.1 Å². The van der Waals surface area contributed by atoms with Gasteiger partial charge in [0.2, 0.25) is 10.1 Å². The standard InChI is InChI=1S/C17H20N4O2S/c1-2-13-11-15(23)21-17(18-13)24-16(20-21)19-14(9-6-10-22)12-7-4-3-5-8-12/h3-5,7-8,11,14,22H,2,6,9-10H2,1H3,(H,19,20). The third kappa shape index (κ3) is 3.63. The molecule has 0 saturated heterocycles. The number of aliphatic hydroxyl groups excluding tert-OH is 1. The summed E-state index contributed by atoms with van der Waals surface area (Å²) < 4.78 is 1.33. The molecule has 1 unspecified atom stereocenters. The third-order valence-electron chi connectivity index (χ3n) is 3.81. The molecule has 0 bridgehead atoms. The number of rotatable bonds is 7. The summed E-state index contributed by atoms with van der Waals surface area (Å²) in [6.07, 6.45) is 2.18. The zero-order chi connectivity index (χ0) is 16.9. The van der Waals surface area contributed by atoms with Gasteiger partial charge in [0.15, 0.2) is 0 Å². The molecule has 0 saturated carbocycles. The largest absolute Gasteiger partial charge is 0.396 e. The summed E-state index contributed by atoms with van der Waals surface area (Å²) >= 11 is 1.36. The van der Waals surface area contributed by atoms with Crippen LogP contribution in [0.1, 0.15) is 37.1 Å². The fourth-order valence-corrected chi connectivity index (χ4v) is 3.42. The molecule has 0 amide bonds. The first kappa shape index (κ1) is 16.6. The summed E-state index contributed by atoms with van der Waals surface area (Å²) in [7, 11) is 0. The van der Waals surface area contributed by atoms with Crippen molar-refractivity contribution in [1.82, 2.24) is 14.6 Å². The quantitative estimate of drug-likeness (QED) is 0.689. The van der Waals surface area contributed by atoms with Crippen LogP contribution >= 0.6 is 11.3 Å². The van der Waals surface area contributed by atoms with Crippen molar-refractivity contribution in [3.63, 3.8) is 0 Å². The highest BCUT2D eigenvalue weighted by Gasteiger charge is 2.15. The predicted octanol–water partition coefficient (Wildman–Crippen LogP) is 2.64. The van der Waals surface area contributed by atoms with Crippen molar-refractivity contribution in [2.75, 3.05) is 11.9 Å². The molecule has 1 atom stereocenters. The SMILES string of the molecule is CCc1cc(=O)n2nc(NC(CCCO)c3ccccc3)sc2n1. The van der Waals surface area contributed by atoms with Gasteiger partial charge in [-0.15, -0.1) is 5.10 Å². The van der Waals surface area contributed by atoms with Gasteiger partial charge in [0.25, 0.3) is 5.56 Å². The van der Waals surface area contributed by atoms with Crippen LogP contribution in [0.2, 0.25) is 0 Å². The molecule has 126 valence electrons. The lowest BCUT2D eigenvalue weighted by atomic mass is 10.0. The normalized spacial score (nSPS) is 12.4. The van der Waals surface area contributed by atoms with E-state index in [-0.39, 0.29) is 18.2 Å². The number of aryl methyl sites for hydroxylation is 1. The zero-order valence-electron chi connectivity index (χ0n) is 13.5. The molecule has 2 aromatic heterocycles. The molecular weight excluding hydrogens is 324 g/mol. The molecule has 0 aliphatic rings. The topological polar surface area (TPSA) is 79.5 Å². The minimum atomic E-state index is -0.159. The van der Waals surface area contributed by atoms with Gasteiger partial charge in [-0.25, -0.2) is 4.98 Å². The molecular formula is C17H20N4O2S. The maximum absolute atomic E-state index is 12.1. The summed E-state index contributed by atoms with van der Waals surface area (Å²) in [6.45, 7) is 2.12. The maximum atomic E-state index is 12.1. The van der Waals surface area contributed by atoms with Crippen LogP contribution in [0.4, 0.5) is 5.13 Å². The Balaban J connectivity index is 1.90. The van der Waals surface area contributed by atoms with E-state index in [0.29, 0.717) is 16.5 Å². The van der Waals surface area contributed by atoms with Gasteiger partial charge >= 0.3 is 0 Å². The monoisotopic (exact) mass is 344 g/mol. The Morgan fingerprint density at radius 2 is 2.12 bits per heavy atom. The van der Waals surface area contributed by atoms with Crippen LogP contribution in [0.3, 0.4) is 0 Å². The maximum Gasteiger partial charge on any atom is 0.275 e. The average Bonchev–Trinajstić information content (AvgIpc) is 3.02. The van der Waals surface area contributed by atoms with Crippen LogP contribution in [0.15, 0.2) is 41.2 Å². The fraction of sp³-hybridized carbons (Fsp3) is 0.353. The summed E-state index contributed by atoms with van der Waals surface area (Å²) in [5.74, 6) is 0. The second kappa shape index (κ2) is 7.55. The highest BCUT2D eigenvalue weighted by atomic mass is 32.1. The van der Waals surface area contributed by atoms with E-state index < -0.39 is 0 Å². The van der Waals surface area contributed by atoms with E-state index >= 15 is 0 Å². The Morgan fingerprint density at radius 1 is 1.33 bits per heavy atom. The van der Waals surface area contributed by atoms with Crippen LogP contribution < -0.4 is 10.9 Å². The summed E-state index contributed by atoms with van der Waals surface area (Å²) in [4.78, 5) is 17.2. The van der Waals surface area contributed by atoms with E-state index in [4.69, 9.17) is 5.11 Å². The Hall–Kier alpha value is -2.25. The smallest absolute Gasteiger partial charge is 0.275 e. The molecule has 6 nitrogen and oxygen atoms in total. The Labute approximate surface area is 143 Å². The van der Waals surface area contributed by atoms with E-state index in [1.54, 1.807) is 0 Å². The van der Waals surface area contributed by atoms with Crippen LogP contribution in [0.25, 0.3) is 4.96 Å². The van der Waals surface area contributed by atoms with Gasteiger partial charge in [0, 0.05) is 18.4 Å². The molecule has 0 spiro atoms. The number of hydrogen-bond donors (Lipinski definition) is 2. The van der Waals surface area contributed by atoms with E-state index in [2.05, 4.69) is 15.4 Å². The minimum Gasteiger partial charge on any atom is -0.396 e. The molecule has 0 aliphatic heterocycles. The lowest BCUT2D eigenvalue weighted by Crippen LogP contribution is -2.16. The Bertz CT molecular complexity index is 860. The van der Waals surface area contributed by atoms with Crippen molar-refractivity contribution >= 4 is 21.4 Å². The lowest BCUT2D eigenvalue weighted by molar-refractivity contribution is 0.281. The first-order valence-corrected chi connectivity index (χ1v) is 8.85. The van der Waals surface area contributed by atoms with Crippen molar-refractivity contribution in [3.05, 3.63) is 58.0 Å². The lowest BCUT2D eigenvalue weighted by Gasteiger charge is -2.17. The van der Waals surface area contributed by atoms with Crippen molar-refractivity contribution in [3.8, 4) is 0 Å². The number of nitrogens with one attached hydrogen (secondary N) is 1. The summed E-state index contributed by atoms with van der Waals surface area (Å²) in [5, 5.41) is 17.5. The van der Waals surface area contributed by atoms with Gasteiger partial charge in [-0.05, 0) is 24.8 Å². The molecule has 1 aromatic carbocycles. The highest BCUT2D eigenvalue weighted by molar-refractivity contribution is 7.20. The van der Waals surface area contributed by atoms with Gasteiger partial charge in [-0.2, -0.15) is 4.52 Å². The van der Waals surface area contributed by atoms with Crippen LogP contribution in [0.5, 0.6) is 0 Å². The second-order valence-corrected chi connectivity index (χ2v) is 6.47. The van der Waals surface area contributed by atoms with Gasteiger partial charge < -0.3 is 10.4 Å². The fourth-order valence-electron chi connectivity index (χ4n) is 2.55. The van der Waals surface area contributed by atoms with Crippen LogP contribution in [-0.4, -0.2) is 26.3 Å². The van der Waals surface area contributed by atoms with Crippen LogP contribution in [-0.2, 0) is 6.42 Å². The van der Waals surface area contributed by atoms with E-state index in [9.17, 15) is 4.79 Å². The van der Waals surface area contributed by atoms with E-state index in [1.807, 2.05) is 37.3 Å². The number of fused-ring (bicyclic) bond motifs is 1. The third-order valence-corrected chi connectivity index (χ3v) is 4.65. The molecule has 0 aliphatic carbocycles. The first-order chi connectivity index (χ1) is 11.7. The summed E-state index contributed by atoms with van der Waals surface area (Å²) in [6, 6.07) is 11.6. The minimum absolute atomic E-state index is 0.0280. The van der Waals surface area contributed by atoms with Crippen LogP contribution in [0, 0.1) is 0 Å². The Morgan fingerprint density at radius 3 is 2.83 bits per heavy atom. The molecule has 3 rings (SSSR count). The molecule has 2 N–H and O–H groups in total. The van der Waals surface area contributed by atoms with E-state index in [1.165, 1.54) is 21.9 Å². The van der Waals surface area contributed by atoms with Gasteiger partial charge in [0.05, 0.1) is 6.04 Å². The number of aromatic nitrogens is 3. The molecule has 0 fully saturated rings. The summed E-state index contributed by atoms with van der Waals surface area (Å²) in [5.41, 5.74) is 1.74. The number of nitrogens with zero attached hydrogens (tertiary/aromatic N) is 3. The molecule has 24 heavy (non-hydrogen) atoms.